The first-order valence-corrected chi connectivity index (χ1v) is 9.69. The van der Waals surface area contributed by atoms with Crippen LogP contribution in [0.15, 0.2) is 0 Å². The Kier molecular flexibility index (Phi) is 7.36. The summed E-state index contributed by atoms with van der Waals surface area (Å²) in [4.78, 5) is 52.3. The average molecular weight is 398 g/mol. The zero-order valence-corrected chi connectivity index (χ0v) is 16.3. The van der Waals surface area contributed by atoms with Gasteiger partial charge in [-0.05, 0) is 31.6 Å². The second-order valence-corrected chi connectivity index (χ2v) is 7.74. The third-order valence-corrected chi connectivity index (χ3v) is 5.41. The van der Waals surface area contributed by atoms with Gasteiger partial charge in [-0.1, -0.05) is 13.8 Å². The highest BCUT2D eigenvalue weighted by atomic mass is 16.4. The number of aliphatic carboxylic acids is 1. The molecule has 0 radical (unpaired) electrons. The van der Waals surface area contributed by atoms with Gasteiger partial charge in [0.25, 0.3) is 0 Å². The third kappa shape index (κ3) is 4.61. The molecule has 4 unspecified atom stereocenters. The van der Waals surface area contributed by atoms with Crippen molar-refractivity contribution < 1.29 is 29.4 Å². The van der Waals surface area contributed by atoms with E-state index in [0.717, 1.165) is 0 Å². The summed E-state index contributed by atoms with van der Waals surface area (Å²) < 4.78 is 0. The lowest BCUT2D eigenvalue weighted by Gasteiger charge is -2.33. The van der Waals surface area contributed by atoms with Crippen LogP contribution in [-0.2, 0) is 19.2 Å². The van der Waals surface area contributed by atoms with Gasteiger partial charge in [0, 0.05) is 13.1 Å². The molecular weight excluding hydrogens is 368 g/mol. The smallest absolute Gasteiger partial charge is 0.326 e. The van der Waals surface area contributed by atoms with E-state index >= 15 is 0 Å². The molecule has 0 aromatic carbocycles. The molecule has 158 valence electrons. The average Bonchev–Trinajstić information content (AvgIpc) is 3.33. The van der Waals surface area contributed by atoms with Gasteiger partial charge in [0.1, 0.15) is 24.2 Å². The molecule has 5 N–H and O–H groups in total. The minimum absolute atomic E-state index is 0.253. The number of hydrogen-bond acceptors (Lipinski definition) is 6. The lowest BCUT2D eigenvalue weighted by atomic mass is 10.0. The molecule has 2 aliphatic rings. The van der Waals surface area contributed by atoms with E-state index in [1.807, 2.05) is 0 Å². The van der Waals surface area contributed by atoms with Gasteiger partial charge in [0.2, 0.25) is 17.7 Å². The number of hydrogen-bond donors (Lipinski definition) is 4. The monoisotopic (exact) mass is 398 g/mol. The minimum Gasteiger partial charge on any atom is -0.480 e. The van der Waals surface area contributed by atoms with E-state index in [-0.39, 0.29) is 11.8 Å². The van der Waals surface area contributed by atoms with Crippen LogP contribution in [-0.4, -0.2) is 87.6 Å². The van der Waals surface area contributed by atoms with E-state index in [2.05, 4.69) is 5.32 Å². The summed E-state index contributed by atoms with van der Waals surface area (Å²) in [7, 11) is 0. The van der Waals surface area contributed by atoms with Crippen molar-refractivity contribution in [1.29, 1.82) is 0 Å². The maximum atomic E-state index is 13.1. The van der Waals surface area contributed by atoms with E-state index in [0.29, 0.717) is 38.8 Å². The number of rotatable bonds is 7. The molecule has 3 amide bonds. The molecular formula is C18H30N4O6. The summed E-state index contributed by atoms with van der Waals surface area (Å²) in [5.74, 6) is -2.67. The van der Waals surface area contributed by atoms with E-state index in [1.54, 1.807) is 13.8 Å². The quantitative estimate of drug-likeness (QED) is 0.408. The molecule has 28 heavy (non-hydrogen) atoms. The van der Waals surface area contributed by atoms with Gasteiger partial charge in [0.15, 0.2) is 0 Å². The molecule has 0 aromatic rings. The Morgan fingerprint density at radius 2 is 1.64 bits per heavy atom. The molecule has 4 atom stereocenters. The largest absolute Gasteiger partial charge is 0.480 e. The molecule has 0 aliphatic carbocycles. The minimum atomic E-state index is -1.13. The van der Waals surface area contributed by atoms with Crippen LogP contribution in [0.5, 0.6) is 0 Å². The number of likely N-dealkylation sites (tertiary alicyclic amines) is 2. The van der Waals surface area contributed by atoms with Gasteiger partial charge in [-0.25, -0.2) is 4.79 Å². The third-order valence-electron chi connectivity index (χ3n) is 5.41. The molecule has 2 fully saturated rings. The predicted octanol–water partition coefficient (Wildman–Crippen LogP) is -1.49. The number of carbonyl (C=O) groups excluding carboxylic acids is 3. The van der Waals surface area contributed by atoms with Crippen molar-refractivity contribution in [2.75, 3.05) is 19.7 Å². The van der Waals surface area contributed by atoms with E-state index in [1.165, 1.54) is 9.80 Å². The number of carboxylic acid groups (broad SMARTS) is 1. The van der Waals surface area contributed by atoms with E-state index in [4.69, 9.17) is 10.8 Å². The lowest BCUT2D eigenvalue weighted by Crippen LogP contribution is -2.58. The standard InChI is InChI=1S/C18H30N4O6/c1-10(2)14(20-15(24)11(19)9-23)17(26)21-7-3-5-12(21)16(25)22-8-4-6-13(22)18(27)28/h10-14,23H,3-9,19H2,1-2H3,(H,20,24)(H,27,28). The molecule has 2 aliphatic heterocycles. The van der Waals surface area contributed by atoms with Crippen LogP contribution in [0, 0.1) is 5.92 Å². The second kappa shape index (κ2) is 9.33. The lowest BCUT2D eigenvalue weighted by molar-refractivity contribution is -0.152. The summed E-state index contributed by atoms with van der Waals surface area (Å²) in [6.07, 6.45) is 2.11. The Labute approximate surface area is 164 Å². The fraction of sp³-hybridized carbons (Fsp3) is 0.778. The summed E-state index contributed by atoms with van der Waals surface area (Å²) in [6.45, 7) is 3.72. The highest BCUT2D eigenvalue weighted by Crippen LogP contribution is 2.26. The number of carbonyl (C=O) groups is 4. The SMILES string of the molecule is CC(C)C(NC(=O)C(N)CO)C(=O)N1CCCC1C(=O)N1CCCC1C(=O)O. The number of carboxylic acids is 1. The first-order chi connectivity index (χ1) is 13.2. The molecule has 0 bridgehead atoms. The maximum absolute atomic E-state index is 13.1. The molecule has 2 rings (SSSR count). The van der Waals surface area contributed by atoms with Gasteiger partial charge in [-0.2, -0.15) is 0 Å². The van der Waals surface area contributed by atoms with Crippen LogP contribution >= 0.6 is 0 Å². The fourth-order valence-electron chi connectivity index (χ4n) is 3.80. The van der Waals surface area contributed by atoms with E-state index in [9.17, 15) is 24.3 Å². The van der Waals surface area contributed by atoms with E-state index < -0.39 is 48.6 Å². The number of amides is 3. The number of aliphatic hydroxyl groups is 1. The zero-order valence-electron chi connectivity index (χ0n) is 16.3. The maximum Gasteiger partial charge on any atom is 0.326 e. The number of aliphatic hydroxyl groups excluding tert-OH is 1. The van der Waals surface area contributed by atoms with Gasteiger partial charge in [0.05, 0.1) is 6.61 Å². The zero-order chi connectivity index (χ0) is 21.0. The Hall–Kier alpha value is -2.20. The first kappa shape index (κ1) is 22.1. The van der Waals surface area contributed by atoms with Crippen molar-refractivity contribution in [2.45, 2.75) is 63.7 Å². The summed E-state index contributed by atoms with van der Waals surface area (Å²) in [6, 6.07) is -3.59. The van der Waals surface area contributed by atoms with Crippen LogP contribution in [0.3, 0.4) is 0 Å². The fourth-order valence-corrected chi connectivity index (χ4v) is 3.80. The van der Waals surface area contributed by atoms with Crippen LogP contribution in [0.25, 0.3) is 0 Å². The molecule has 0 spiro atoms. The molecule has 2 saturated heterocycles. The Bertz CT molecular complexity index is 625. The van der Waals surface area contributed by atoms with Crippen molar-refractivity contribution in [3.63, 3.8) is 0 Å². The van der Waals surface area contributed by atoms with Crippen LogP contribution in [0.4, 0.5) is 0 Å². The Balaban J connectivity index is 2.14. The van der Waals surface area contributed by atoms with Crippen molar-refractivity contribution >= 4 is 23.7 Å². The van der Waals surface area contributed by atoms with Gasteiger partial charge >= 0.3 is 5.97 Å². The number of nitrogens with one attached hydrogen (secondary N) is 1. The molecule has 0 aromatic heterocycles. The number of nitrogens with two attached hydrogens (primary N) is 1. The van der Waals surface area contributed by atoms with Crippen LogP contribution in [0.1, 0.15) is 39.5 Å². The summed E-state index contributed by atoms with van der Waals surface area (Å²) >= 11 is 0. The molecule has 0 saturated carbocycles. The predicted molar refractivity (Wildman–Crippen MR) is 98.9 cm³/mol. The molecule has 2 heterocycles. The van der Waals surface area contributed by atoms with Crippen LogP contribution < -0.4 is 11.1 Å². The van der Waals surface area contributed by atoms with Gasteiger partial charge in [-0.15, -0.1) is 0 Å². The van der Waals surface area contributed by atoms with Crippen molar-refractivity contribution in [1.82, 2.24) is 15.1 Å². The van der Waals surface area contributed by atoms with Crippen molar-refractivity contribution in [2.24, 2.45) is 11.7 Å². The molecule has 10 heteroatoms. The van der Waals surface area contributed by atoms with Gasteiger partial charge in [-0.3, -0.25) is 14.4 Å². The summed E-state index contributed by atoms with van der Waals surface area (Å²) in [5, 5.41) is 20.9. The molecule has 10 nitrogen and oxygen atoms in total. The van der Waals surface area contributed by atoms with Crippen molar-refractivity contribution in [3.05, 3.63) is 0 Å². The number of nitrogens with zero attached hydrogens (tertiary/aromatic N) is 2. The second-order valence-electron chi connectivity index (χ2n) is 7.74. The van der Waals surface area contributed by atoms with Crippen molar-refractivity contribution in [3.8, 4) is 0 Å². The van der Waals surface area contributed by atoms with Crippen LogP contribution in [0.2, 0.25) is 0 Å². The Morgan fingerprint density at radius 3 is 2.18 bits per heavy atom. The van der Waals surface area contributed by atoms with Gasteiger partial charge < -0.3 is 31.1 Å². The highest BCUT2D eigenvalue weighted by Gasteiger charge is 2.44. The highest BCUT2D eigenvalue weighted by molar-refractivity contribution is 5.94. The normalized spacial score (nSPS) is 24.3. The summed E-state index contributed by atoms with van der Waals surface area (Å²) in [5.41, 5.74) is 5.52. The first-order valence-electron chi connectivity index (χ1n) is 9.69. The topological polar surface area (TPSA) is 153 Å². The Morgan fingerprint density at radius 1 is 1.07 bits per heavy atom.